The van der Waals surface area contributed by atoms with Gasteiger partial charge in [-0.15, -0.1) is 6.42 Å². The molecule has 0 aromatic carbocycles. The van der Waals surface area contributed by atoms with Gasteiger partial charge in [-0.25, -0.2) is 0 Å². The van der Waals surface area contributed by atoms with Gasteiger partial charge in [0.15, 0.2) is 0 Å². The first-order chi connectivity index (χ1) is 5.57. The summed E-state index contributed by atoms with van der Waals surface area (Å²) in [5.41, 5.74) is 0. The van der Waals surface area contributed by atoms with E-state index < -0.39 is 0 Å². The second-order valence-electron chi connectivity index (χ2n) is 2.83. The molecule has 0 rings (SSSR count). The normalized spacial score (nSPS) is 11.8. The van der Waals surface area contributed by atoms with Crippen LogP contribution in [0.1, 0.15) is 19.8 Å². The molecule has 3 nitrogen and oxygen atoms in total. The molecule has 0 radical (unpaired) electrons. The van der Waals surface area contributed by atoms with E-state index in [0.29, 0.717) is 13.0 Å². The largest absolute Gasteiger partial charge is 0.393 e. The summed E-state index contributed by atoms with van der Waals surface area (Å²) in [6, 6.07) is 0. The second-order valence-corrected chi connectivity index (χ2v) is 2.83. The van der Waals surface area contributed by atoms with Crippen molar-refractivity contribution in [3.63, 3.8) is 0 Å². The summed E-state index contributed by atoms with van der Waals surface area (Å²) >= 11 is 0. The van der Waals surface area contributed by atoms with Gasteiger partial charge in [0.05, 0.1) is 12.5 Å². The topological polar surface area (TPSA) is 40.5 Å². The van der Waals surface area contributed by atoms with Gasteiger partial charge in [0.2, 0.25) is 5.91 Å². The molecule has 0 bridgehead atoms. The Balaban J connectivity index is 3.65. The van der Waals surface area contributed by atoms with Crippen molar-refractivity contribution in [3.8, 4) is 12.3 Å². The molecule has 1 unspecified atom stereocenters. The van der Waals surface area contributed by atoms with Crippen LogP contribution in [0, 0.1) is 12.3 Å². The Bertz CT molecular complexity index is 181. The summed E-state index contributed by atoms with van der Waals surface area (Å²) in [7, 11) is 1.68. The summed E-state index contributed by atoms with van der Waals surface area (Å²) in [6.07, 6.45) is 5.33. The average molecular weight is 169 g/mol. The lowest BCUT2D eigenvalue weighted by Crippen LogP contribution is -2.28. The predicted molar refractivity (Wildman–Crippen MR) is 47.4 cm³/mol. The smallest absolute Gasteiger partial charge is 0.234 e. The van der Waals surface area contributed by atoms with Gasteiger partial charge in [-0.2, -0.15) is 0 Å². The number of aliphatic hydroxyl groups excluding tert-OH is 1. The SMILES string of the molecule is C#CCC(=O)N(C)CCC(C)O. The lowest BCUT2D eigenvalue weighted by Gasteiger charge is -2.16. The average Bonchev–Trinajstić information content (AvgIpc) is 2.00. The van der Waals surface area contributed by atoms with E-state index in [1.165, 1.54) is 4.90 Å². The lowest BCUT2D eigenvalue weighted by molar-refractivity contribution is -0.129. The summed E-state index contributed by atoms with van der Waals surface area (Å²) in [5.74, 6) is 2.21. The van der Waals surface area contributed by atoms with Crippen molar-refractivity contribution in [1.82, 2.24) is 4.90 Å². The second kappa shape index (κ2) is 5.62. The van der Waals surface area contributed by atoms with Crippen molar-refractivity contribution in [3.05, 3.63) is 0 Å². The maximum absolute atomic E-state index is 11.1. The van der Waals surface area contributed by atoms with E-state index in [0.717, 1.165) is 0 Å². The molecule has 0 heterocycles. The Hall–Kier alpha value is -1.01. The zero-order chi connectivity index (χ0) is 9.56. The van der Waals surface area contributed by atoms with Crippen LogP contribution in [-0.2, 0) is 4.79 Å². The maximum Gasteiger partial charge on any atom is 0.234 e. The highest BCUT2D eigenvalue weighted by Crippen LogP contribution is 1.95. The highest BCUT2D eigenvalue weighted by molar-refractivity contribution is 5.78. The van der Waals surface area contributed by atoms with Gasteiger partial charge >= 0.3 is 0 Å². The molecule has 0 aliphatic rings. The van der Waals surface area contributed by atoms with Crippen LogP contribution < -0.4 is 0 Å². The molecular formula is C9H15NO2. The minimum absolute atomic E-state index is 0.0712. The molecule has 0 aromatic heterocycles. The van der Waals surface area contributed by atoms with E-state index in [-0.39, 0.29) is 18.4 Å². The molecule has 1 amide bonds. The Labute approximate surface area is 73.4 Å². The molecule has 0 spiro atoms. The molecule has 0 aliphatic carbocycles. The first kappa shape index (κ1) is 11.0. The van der Waals surface area contributed by atoms with Gasteiger partial charge < -0.3 is 10.0 Å². The number of rotatable bonds is 4. The first-order valence-electron chi connectivity index (χ1n) is 3.93. The van der Waals surface area contributed by atoms with E-state index >= 15 is 0 Å². The molecule has 3 heteroatoms. The summed E-state index contributed by atoms with van der Waals surface area (Å²) < 4.78 is 0. The third-order valence-electron chi connectivity index (χ3n) is 1.56. The fourth-order valence-corrected chi connectivity index (χ4v) is 0.727. The van der Waals surface area contributed by atoms with Crippen LogP contribution in [0.15, 0.2) is 0 Å². The third-order valence-corrected chi connectivity index (χ3v) is 1.56. The van der Waals surface area contributed by atoms with Crippen molar-refractivity contribution in [2.75, 3.05) is 13.6 Å². The van der Waals surface area contributed by atoms with Gasteiger partial charge in [0.25, 0.3) is 0 Å². The quantitative estimate of drug-likeness (QED) is 0.612. The van der Waals surface area contributed by atoms with E-state index in [2.05, 4.69) is 5.92 Å². The molecule has 0 saturated heterocycles. The molecule has 0 saturated carbocycles. The molecule has 12 heavy (non-hydrogen) atoms. The van der Waals surface area contributed by atoms with Crippen molar-refractivity contribution < 1.29 is 9.90 Å². The van der Waals surface area contributed by atoms with E-state index in [4.69, 9.17) is 11.5 Å². The number of nitrogens with zero attached hydrogens (tertiary/aromatic N) is 1. The van der Waals surface area contributed by atoms with Crippen LogP contribution in [0.5, 0.6) is 0 Å². The number of hydrogen-bond acceptors (Lipinski definition) is 2. The zero-order valence-corrected chi connectivity index (χ0v) is 7.58. The molecular weight excluding hydrogens is 154 g/mol. The molecule has 0 aliphatic heterocycles. The number of carbonyl (C=O) groups excluding carboxylic acids is 1. The lowest BCUT2D eigenvalue weighted by atomic mass is 10.2. The van der Waals surface area contributed by atoms with Crippen molar-refractivity contribution >= 4 is 5.91 Å². The van der Waals surface area contributed by atoms with Gasteiger partial charge in [0, 0.05) is 13.6 Å². The first-order valence-corrected chi connectivity index (χ1v) is 3.93. The highest BCUT2D eigenvalue weighted by Gasteiger charge is 2.07. The molecule has 0 aromatic rings. The minimum Gasteiger partial charge on any atom is -0.393 e. The molecule has 1 N–H and O–H groups in total. The van der Waals surface area contributed by atoms with Crippen molar-refractivity contribution in [2.45, 2.75) is 25.9 Å². The maximum atomic E-state index is 11.1. The van der Waals surface area contributed by atoms with Crippen LogP contribution in [0.4, 0.5) is 0 Å². The number of terminal acetylenes is 1. The van der Waals surface area contributed by atoms with Gasteiger partial charge in [0.1, 0.15) is 0 Å². The van der Waals surface area contributed by atoms with Gasteiger partial charge in [-0.05, 0) is 13.3 Å². The van der Waals surface area contributed by atoms with E-state index in [9.17, 15) is 4.79 Å². The zero-order valence-electron chi connectivity index (χ0n) is 7.58. The van der Waals surface area contributed by atoms with Crippen molar-refractivity contribution in [2.24, 2.45) is 0 Å². The molecule has 1 atom stereocenters. The minimum atomic E-state index is -0.369. The van der Waals surface area contributed by atoms with Crippen LogP contribution in [-0.4, -0.2) is 35.6 Å². The van der Waals surface area contributed by atoms with Gasteiger partial charge in [-0.1, -0.05) is 5.92 Å². The van der Waals surface area contributed by atoms with Crippen LogP contribution >= 0.6 is 0 Å². The summed E-state index contributed by atoms with van der Waals surface area (Å²) in [6.45, 7) is 2.25. The van der Waals surface area contributed by atoms with Crippen LogP contribution in [0.3, 0.4) is 0 Å². The van der Waals surface area contributed by atoms with Crippen LogP contribution in [0.2, 0.25) is 0 Å². The Morgan fingerprint density at radius 2 is 2.33 bits per heavy atom. The standard InChI is InChI=1S/C9H15NO2/c1-4-5-9(12)10(3)7-6-8(2)11/h1,8,11H,5-7H2,2-3H3. The Morgan fingerprint density at radius 3 is 2.75 bits per heavy atom. The summed E-state index contributed by atoms with van der Waals surface area (Å²) in [5, 5.41) is 8.93. The molecule has 68 valence electrons. The monoisotopic (exact) mass is 169 g/mol. The fraction of sp³-hybridized carbons (Fsp3) is 0.667. The Morgan fingerprint density at radius 1 is 1.75 bits per heavy atom. The number of carbonyl (C=O) groups is 1. The third kappa shape index (κ3) is 4.75. The van der Waals surface area contributed by atoms with Crippen LogP contribution in [0.25, 0.3) is 0 Å². The summed E-state index contributed by atoms with van der Waals surface area (Å²) in [4.78, 5) is 12.6. The highest BCUT2D eigenvalue weighted by atomic mass is 16.3. The predicted octanol–water partition coefficient (Wildman–Crippen LogP) is 0.239. The van der Waals surface area contributed by atoms with Gasteiger partial charge in [-0.3, -0.25) is 4.79 Å². The number of hydrogen-bond donors (Lipinski definition) is 1. The fourth-order valence-electron chi connectivity index (χ4n) is 0.727. The van der Waals surface area contributed by atoms with E-state index in [1.54, 1.807) is 14.0 Å². The number of aliphatic hydroxyl groups is 1. The van der Waals surface area contributed by atoms with Crippen molar-refractivity contribution in [1.29, 1.82) is 0 Å². The molecule has 0 fully saturated rings. The number of amides is 1. The Kier molecular flexibility index (Phi) is 5.14. The van der Waals surface area contributed by atoms with E-state index in [1.807, 2.05) is 0 Å².